The molecule has 27 heavy (non-hydrogen) atoms. The van der Waals surface area contributed by atoms with Gasteiger partial charge in [0.2, 0.25) is 0 Å². The standard InChI is InChI=1S/C23H23NO3/c1-15-8-4-6-10-19(15)16(2)24-22(26)14-27-23-20(17(3)25)13-12-18-9-5-7-11-21(18)23/h4-13,16H,14H2,1-3H3,(H,24,26)/t16-/m0/s1. The van der Waals surface area contributed by atoms with Crippen LogP contribution < -0.4 is 10.1 Å². The second-order valence-corrected chi connectivity index (χ2v) is 6.65. The monoisotopic (exact) mass is 361 g/mol. The summed E-state index contributed by atoms with van der Waals surface area (Å²) in [6.45, 7) is 5.31. The van der Waals surface area contributed by atoms with E-state index in [0.29, 0.717) is 11.3 Å². The summed E-state index contributed by atoms with van der Waals surface area (Å²) in [4.78, 5) is 24.4. The van der Waals surface area contributed by atoms with E-state index in [2.05, 4.69) is 5.32 Å². The molecule has 0 bridgehead atoms. The number of hydrogen-bond acceptors (Lipinski definition) is 3. The predicted octanol–water partition coefficient (Wildman–Crippen LogP) is 4.61. The summed E-state index contributed by atoms with van der Waals surface area (Å²) in [7, 11) is 0. The van der Waals surface area contributed by atoms with Gasteiger partial charge in [-0.2, -0.15) is 0 Å². The van der Waals surface area contributed by atoms with Crippen molar-refractivity contribution in [3.05, 3.63) is 77.4 Å². The van der Waals surface area contributed by atoms with Crippen LogP contribution in [0.4, 0.5) is 0 Å². The van der Waals surface area contributed by atoms with Gasteiger partial charge in [0.1, 0.15) is 5.75 Å². The van der Waals surface area contributed by atoms with Crippen LogP contribution >= 0.6 is 0 Å². The third kappa shape index (κ3) is 4.17. The number of nitrogens with one attached hydrogen (secondary N) is 1. The van der Waals surface area contributed by atoms with Crippen LogP contribution in [0.2, 0.25) is 0 Å². The van der Waals surface area contributed by atoms with Crippen LogP contribution in [-0.4, -0.2) is 18.3 Å². The van der Waals surface area contributed by atoms with Crippen molar-refractivity contribution in [3.8, 4) is 5.75 Å². The zero-order valence-corrected chi connectivity index (χ0v) is 15.8. The predicted molar refractivity (Wildman–Crippen MR) is 107 cm³/mol. The normalized spacial score (nSPS) is 11.8. The van der Waals surface area contributed by atoms with Crippen molar-refractivity contribution in [1.82, 2.24) is 5.32 Å². The van der Waals surface area contributed by atoms with Crippen molar-refractivity contribution >= 4 is 22.5 Å². The van der Waals surface area contributed by atoms with Gasteiger partial charge in [-0.05, 0) is 43.4 Å². The molecule has 4 nitrogen and oxygen atoms in total. The highest BCUT2D eigenvalue weighted by Gasteiger charge is 2.16. The van der Waals surface area contributed by atoms with E-state index in [1.165, 1.54) is 6.92 Å². The largest absolute Gasteiger partial charge is 0.482 e. The van der Waals surface area contributed by atoms with E-state index in [-0.39, 0.29) is 24.3 Å². The second kappa shape index (κ2) is 8.04. The lowest BCUT2D eigenvalue weighted by Gasteiger charge is -2.18. The Bertz CT molecular complexity index is 994. The second-order valence-electron chi connectivity index (χ2n) is 6.65. The van der Waals surface area contributed by atoms with E-state index in [0.717, 1.165) is 21.9 Å². The highest BCUT2D eigenvalue weighted by Crippen LogP contribution is 2.30. The smallest absolute Gasteiger partial charge is 0.258 e. The number of rotatable bonds is 6. The molecule has 0 saturated heterocycles. The zero-order chi connectivity index (χ0) is 19.4. The molecule has 0 aliphatic carbocycles. The Hall–Kier alpha value is -3.14. The number of ketones is 1. The summed E-state index contributed by atoms with van der Waals surface area (Å²) in [6, 6.07) is 19.1. The van der Waals surface area contributed by atoms with Crippen molar-refractivity contribution in [2.24, 2.45) is 0 Å². The van der Waals surface area contributed by atoms with Crippen molar-refractivity contribution in [2.45, 2.75) is 26.8 Å². The van der Waals surface area contributed by atoms with E-state index >= 15 is 0 Å². The molecule has 0 heterocycles. The highest BCUT2D eigenvalue weighted by atomic mass is 16.5. The molecule has 138 valence electrons. The lowest BCUT2D eigenvalue weighted by atomic mass is 10.0. The summed E-state index contributed by atoms with van der Waals surface area (Å²) in [5.41, 5.74) is 2.67. The average molecular weight is 361 g/mol. The molecule has 1 N–H and O–H groups in total. The number of benzene rings is 3. The molecule has 4 heteroatoms. The molecule has 0 aliphatic heterocycles. The highest BCUT2D eigenvalue weighted by molar-refractivity contribution is 6.03. The fraction of sp³-hybridized carbons (Fsp3) is 0.217. The number of carbonyl (C=O) groups is 2. The van der Waals surface area contributed by atoms with Gasteiger partial charge in [-0.25, -0.2) is 0 Å². The Kier molecular flexibility index (Phi) is 5.55. The van der Waals surface area contributed by atoms with Crippen LogP contribution in [-0.2, 0) is 4.79 Å². The van der Waals surface area contributed by atoms with Gasteiger partial charge in [-0.3, -0.25) is 9.59 Å². The fourth-order valence-electron chi connectivity index (χ4n) is 3.25. The van der Waals surface area contributed by atoms with Crippen molar-refractivity contribution < 1.29 is 14.3 Å². The minimum Gasteiger partial charge on any atom is -0.482 e. The Morgan fingerprint density at radius 3 is 2.44 bits per heavy atom. The molecule has 0 unspecified atom stereocenters. The first kappa shape index (κ1) is 18.6. The molecule has 0 aromatic heterocycles. The van der Waals surface area contributed by atoms with Gasteiger partial charge in [-0.15, -0.1) is 0 Å². The minimum absolute atomic E-state index is 0.0931. The quantitative estimate of drug-likeness (QED) is 0.653. The molecular weight excluding hydrogens is 338 g/mol. The summed E-state index contributed by atoms with van der Waals surface area (Å²) in [6.07, 6.45) is 0. The molecule has 0 fully saturated rings. The Balaban J connectivity index is 1.76. The molecule has 3 rings (SSSR count). The van der Waals surface area contributed by atoms with E-state index in [1.807, 2.05) is 68.4 Å². The van der Waals surface area contributed by atoms with Gasteiger partial charge >= 0.3 is 0 Å². The van der Waals surface area contributed by atoms with Crippen molar-refractivity contribution in [1.29, 1.82) is 0 Å². The fourth-order valence-corrected chi connectivity index (χ4v) is 3.25. The summed E-state index contributed by atoms with van der Waals surface area (Å²) in [5, 5.41) is 4.74. The molecule has 3 aromatic rings. The zero-order valence-electron chi connectivity index (χ0n) is 15.8. The third-order valence-corrected chi connectivity index (χ3v) is 4.64. The molecule has 0 spiro atoms. The first-order valence-electron chi connectivity index (χ1n) is 8.97. The van der Waals surface area contributed by atoms with Crippen LogP contribution in [0.15, 0.2) is 60.7 Å². The van der Waals surface area contributed by atoms with Crippen molar-refractivity contribution in [2.75, 3.05) is 6.61 Å². The van der Waals surface area contributed by atoms with Gasteiger partial charge in [0, 0.05) is 5.39 Å². The number of amides is 1. The minimum atomic E-state index is -0.229. The van der Waals surface area contributed by atoms with E-state index in [1.54, 1.807) is 6.07 Å². The van der Waals surface area contributed by atoms with Crippen molar-refractivity contribution in [3.63, 3.8) is 0 Å². The van der Waals surface area contributed by atoms with Crippen LogP contribution in [0, 0.1) is 6.92 Å². The molecule has 0 aliphatic rings. The Labute approximate surface area is 159 Å². The summed E-state index contributed by atoms with van der Waals surface area (Å²) in [5.74, 6) is 0.136. The van der Waals surface area contributed by atoms with E-state index in [4.69, 9.17) is 4.74 Å². The first-order chi connectivity index (χ1) is 13.0. The topological polar surface area (TPSA) is 55.4 Å². The number of carbonyl (C=O) groups excluding carboxylic acids is 2. The maximum atomic E-state index is 12.4. The number of hydrogen-bond donors (Lipinski definition) is 1. The molecule has 0 radical (unpaired) electrons. The average Bonchev–Trinajstić information content (AvgIpc) is 2.66. The SMILES string of the molecule is CC(=O)c1ccc2ccccc2c1OCC(=O)N[C@@H](C)c1ccccc1C. The van der Waals surface area contributed by atoms with E-state index in [9.17, 15) is 9.59 Å². The Morgan fingerprint density at radius 2 is 1.70 bits per heavy atom. The van der Waals surface area contributed by atoms with Gasteiger partial charge < -0.3 is 10.1 Å². The molecule has 3 aromatic carbocycles. The van der Waals surface area contributed by atoms with Crippen LogP contribution in [0.3, 0.4) is 0 Å². The van der Waals surface area contributed by atoms with Gasteiger partial charge in [0.05, 0.1) is 11.6 Å². The number of aryl methyl sites for hydroxylation is 1. The number of Topliss-reactive ketones (excluding diaryl/α,β-unsaturated/α-hetero) is 1. The summed E-state index contributed by atoms with van der Waals surface area (Å²) < 4.78 is 5.81. The molecule has 1 amide bonds. The van der Waals surface area contributed by atoms with Gasteiger partial charge in [-0.1, -0.05) is 54.6 Å². The van der Waals surface area contributed by atoms with Crippen LogP contribution in [0.1, 0.15) is 41.4 Å². The van der Waals surface area contributed by atoms with E-state index < -0.39 is 0 Å². The van der Waals surface area contributed by atoms with Crippen LogP contribution in [0.5, 0.6) is 5.75 Å². The third-order valence-electron chi connectivity index (χ3n) is 4.64. The lowest BCUT2D eigenvalue weighted by molar-refractivity contribution is -0.123. The molecule has 1 atom stereocenters. The molecule has 0 saturated carbocycles. The van der Waals surface area contributed by atoms with Gasteiger partial charge in [0.15, 0.2) is 12.4 Å². The van der Waals surface area contributed by atoms with Crippen LogP contribution in [0.25, 0.3) is 10.8 Å². The first-order valence-corrected chi connectivity index (χ1v) is 8.97. The molecular formula is C23H23NO3. The number of ether oxygens (including phenoxy) is 1. The number of fused-ring (bicyclic) bond motifs is 1. The van der Waals surface area contributed by atoms with Gasteiger partial charge in [0.25, 0.3) is 5.91 Å². The maximum absolute atomic E-state index is 12.4. The maximum Gasteiger partial charge on any atom is 0.258 e. The Morgan fingerprint density at radius 1 is 1.00 bits per heavy atom. The summed E-state index contributed by atoms with van der Waals surface area (Å²) >= 11 is 0. The lowest BCUT2D eigenvalue weighted by Crippen LogP contribution is -2.31.